The highest BCUT2D eigenvalue weighted by molar-refractivity contribution is 5.31. The Labute approximate surface area is 117 Å². The van der Waals surface area contributed by atoms with Gasteiger partial charge in [-0.15, -0.1) is 0 Å². The quantitative estimate of drug-likeness (QED) is 0.853. The summed E-state index contributed by atoms with van der Waals surface area (Å²) in [5.74, 6) is 0. The average Bonchev–Trinajstić information content (AvgIpc) is 2.38. The molecule has 2 N–H and O–H groups in total. The number of alkyl halides is 3. The maximum atomic E-state index is 12.7. The van der Waals surface area contributed by atoms with E-state index in [4.69, 9.17) is 0 Å². The Hall–Kier alpha value is -2.31. The number of hydrogen-bond acceptors (Lipinski definition) is 2. The summed E-state index contributed by atoms with van der Waals surface area (Å²) >= 11 is 0. The van der Waals surface area contributed by atoms with Crippen LogP contribution < -0.4 is 11.0 Å². The number of halogens is 3. The highest BCUT2D eigenvalue weighted by Gasteiger charge is 2.30. The second-order valence-corrected chi connectivity index (χ2v) is 4.82. The Balaban J connectivity index is 2.20. The molecule has 0 saturated carbocycles. The molecule has 0 unspecified atom stereocenters. The third-order valence-electron chi connectivity index (χ3n) is 3.01. The van der Waals surface area contributed by atoms with Crippen molar-refractivity contribution < 1.29 is 13.2 Å². The highest BCUT2D eigenvalue weighted by atomic mass is 19.4. The van der Waals surface area contributed by atoms with E-state index in [2.05, 4.69) is 10.2 Å². The van der Waals surface area contributed by atoms with Gasteiger partial charge in [-0.05, 0) is 37.5 Å². The topological polar surface area (TPSA) is 65.7 Å². The van der Waals surface area contributed by atoms with Crippen molar-refractivity contribution in [2.75, 3.05) is 0 Å². The van der Waals surface area contributed by atoms with Crippen LogP contribution in [0.15, 0.2) is 33.9 Å². The van der Waals surface area contributed by atoms with E-state index in [1.807, 2.05) is 0 Å². The minimum absolute atomic E-state index is 0.326. The van der Waals surface area contributed by atoms with Crippen molar-refractivity contribution in [2.45, 2.75) is 25.9 Å². The minimum Gasteiger partial charge on any atom is -0.302 e. The summed E-state index contributed by atoms with van der Waals surface area (Å²) in [4.78, 5) is 22.1. The Kier molecular flexibility index (Phi) is 4.02. The third kappa shape index (κ3) is 3.84. The van der Waals surface area contributed by atoms with Gasteiger partial charge < -0.3 is 5.10 Å². The average molecular weight is 298 g/mol. The van der Waals surface area contributed by atoms with Crippen LogP contribution in [0.2, 0.25) is 0 Å². The molecular weight excluding hydrogens is 285 g/mol. The number of aryl methyl sites for hydroxylation is 3. The van der Waals surface area contributed by atoms with Gasteiger partial charge >= 0.3 is 11.7 Å². The van der Waals surface area contributed by atoms with Crippen LogP contribution in [0.5, 0.6) is 0 Å². The number of benzene rings is 1. The molecule has 1 aromatic heterocycles. The van der Waals surface area contributed by atoms with Gasteiger partial charge in [0.1, 0.15) is 0 Å². The molecule has 2 rings (SSSR count). The van der Waals surface area contributed by atoms with E-state index < -0.39 is 22.7 Å². The van der Waals surface area contributed by atoms with Gasteiger partial charge in [0, 0.05) is 11.8 Å². The van der Waals surface area contributed by atoms with E-state index in [9.17, 15) is 22.8 Å². The molecule has 1 aromatic carbocycles. The van der Waals surface area contributed by atoms with Gasteiger partial charge in [0.15, 0.2) is 0 Å². The standard InChI is InChI=1S/C14H13F3N2O2/c1-8-4-9(6-10(5-8)14(15,16)17)2-3-11-7-12(20)13(21)19-18-11/h4-7H,2-3H2,1H3,(H,18,20)(H,19,21). The van der Waals surface area contributed by atoms with Crippen molar-refractivity contribution in [3.63, 3.8) is 0 Å². The fraction of sp³-hybridized carbons (Fsp3) is 0.286. The van der Waals surface area contributed by atoms with Crippen molar-refractivity contribution in [3.05, 3.63) is 67.2 Å². The molecule has 0 saturated heterocycles. The first-order valence-electron chi connectivity index (χ1n) is 6.24. The molecule has 0 fully saturated rings. The maximum Gasteiger partial charge on any atom is 0.416 e. The lowest BCUT2D eigenvalue weighted by Crippen LogP contribution is -2.27. The van der Waals surface area contributed by atoms with Crippen molar-refractivity contribution in [1.82, 2.24) is 10.2 Å². The van der Waals surface area contributed by atoms with Crippen LogP contribution in [0.1, 0.15) is 22.4 Å². The van der Waals surface area contributed by atoms with Crippen LogP contribution in [-0.2, 0) is 19.0 Å². The fourth-order valence-electron chi connectivity index (χ4n) is 2.04. The van der Waals surface area contributed by atoms with Crippen LogP contribution in [-0.4, -0.2) is 10.2 Å². The Morgan fingerprint density at radius 1 is 1.00 bits per heavy atom. The molecule has 0 bridgehead atoms. The summed E-state index contributed by atoms with van der Waals surface area (Å²) in [6, 6.07) is 5.00. The molecule has 112 valence electrons. The Morgan fingerprint density at radius 3 is 2.33 bits per heavy atom. The smallest absolute Gasteiger partial charge is 0.302 e. The summed E-state index contributed by atoms with van der Waals surface area (Å²) in [5, 5.41) is 4.73. The molecule has 0 aliphatic rings. The van der Waals surface area contributed by atoms with Gasteiger partial charge in [0.05, 0.1) is 5.56 Å². The molecule has 4 nitrogen and oxygen atoms in total. The molecule has 0 aliphatic heterocycles. The lowest BCUT2D eigenvalue weighted by atomic mass is 10.0. The molecule has 0 radical (unpaired) electrons. The van der Waals surface area contributed by atoms with Crippen molar-refractivity contribution >= 4 is 0 Å². The molecule has 7 heteroatoms. The lowest BCUT2D eigenvalue weighted by Gasteiger charge is -2.10. The van der Waals surface area contributed by atoms with Gasteiger partial charge in [-0.3, -0.25) is 14.7 Å². The Morgan fingerprint density at radius 2 is 1.71 bits per heavy atom. The lowest BCUT2D eigenvalue weighted by molar-refractivity contribution is -0.137. The first kappa shape index (κ1) is 15.1. The van der Waals surface area contributed by atoms with E-state index in [-0.39, 0.29) is 0 Å². The first-order valence-corrected chi connectivity index (χ1v) is 6.24. The normalized spacial score (nSPS) is 11.6. The van der Waals surface area contributed by atoms with E-state index in [0.717, 1.165) is 18.2 Å². The summed E-state index contributed by atoms with van der Waals surface area (Å²) in [6.45, 7) is 1.60. The van der Waals surface area contributed by atoms with Crippen molar-refractivity contribution in [2.24, 2.45) is 0 Å². The fourth-order valence-corrected chi connectivity index (χ4v) is 2.04. The molecule has 0 amide bonds. The van der Waals surface area contributed by atoms with E-state index >= 15 is 0 Å². The van der Waals surface area contributed by atoms with Crippen molar-refractivity contribution in [3.8, 4) is 0 Å². The molecule has 0 atom stereocenters. The number of aromatic nitrogens is 2. The zero-order chi connectivity index (χ0) is 15.6. The first-order chi connectivity index (χ1) is 9.75. The summed E-state index contributed by atoms with van der Waals surface area (Å²) in [6.07, 6.45) is -3.73. The van der Waals surface area contributed by atoms with Crippen LogP contribution in [0.4, 0.5) is 13.2 Å². The predicted octanol–water partition coefficient (Wildman–Crippen LogP) is 2.18. The summed E-state index contributed by atoms with van der Waals surface area (Å²) in [5.41, 5.74) is -0.607. The minimum atomic E-state index is -4.38. The number of H-pyrrole nitrogens is 2. The SMILES string of the molecule is Cc1cc(CCc2cc(=O)c(=O)[nH][nH]2)cc(C(F)(F)F)c1. The number of aromatic amines is 2. The van der Waals surface area contributed by atoms with Crippen LogP contribution in [0, 0.1) is 6.92 Å². The Bertz CT molecular complexity index is 760. The number of nitrogens with one attached hydrogen (secondary N) is 2. The number of hydrogen-bond donors (Lipinski definition) is 2. The molecule has 2 aromatic rings. The summed E-state index contributed by atoms with van der Waals surface area (Å²) < 4.78 is 38.2. The van der Waals surface area contributed by atoms with Crippen molar-refractivity contribution in [1.29, 1.82) is 0 Å². The molecule has 21 heavy (non-hydrogen) atoms. The highest BCUT2D eigenvalue weighted by Crippen LogP contribution is 2.30. The van der Waals surface area contributed by atoms with Gasteiger partial charge in [-0.1, -0.05) is 11.6 Å². The van der Waals surface area contributed by atoms with E-state index in [0.29, 0.717) is 29.7 Å². The molecular formula is C14H13F3N2O2. The second kappa shape index (κ2) is 5.59. The molecule has 0 aliphatic carbocycles. The zero-order valence-corrected chi connectivity index (χ0v) is 11.2. The monoisotopic (exact) mass is 298 g/mol. The maximum absolute atomic E-state index is 12.7. The van der Waals surface area contributed by atoms with Gasteiger partial charge in [-0.25, -0.2) is 0 Å². The van der Waals surface area contributed by atoms with Gasteiger partial charge in [0.2, 0.25) is 5.43 Å². The van der Waals surface area contributed by atoms with Crippen LogP contribution in [0.25, 0.3) is 0 Å². The van der Waals surface area contributed by atoms with E-state index in [1.54, 1.807) is 13.0 Å². The van der Waals surface area contributed by atoms with Gasteiger partial charge in [-0.2, -0.15) is 13.2 Å². The van der Waals surface area contributed by atoms with Crippen LogP contribution in [0.3, 0.4) is 0 Å². The third-order valence-corrected chi connectivity index (χ3v) is 3.01. The summed E-state index contributed by atoms with van der Waals surface area (Å²) in [7, 11) is 0. The predicted molar refractivity (Wildman–Crippen MR) is 71.3 cm³/mol. The molecule has 0 spiro atoms. The van der Waals surface area contributed by atoms with E-state index in [1.165, 1.54) is 0 Å². The van der Waals surface area contributed by atoms with Crippen LogP contribution >= 0.6 is 0 Å². The number of rotatable bonds is 3. The molecule has 1 heterocycles. The largest absolute Gasteiger partial charge is 0.416 e. The van der Waals surface area contributed by atoms with Gasteiger partial charge in [0.25, 0.3) is 0 Å². The second-order valence-electron chi connectivity index (χ2n) is 4.82. The zero-order valence-electron chi connectivity index (χ0n) is 11.2.